The molecule has 25 heavy (non-hydrogen) atoms. The number of nitrogens with zero attached hydrogens (tertiary/aromatic N) is 4. The minimum atomic E-state index is 0. The lowest BCUT2D eigenvalue weighted by atomic mass is 10.1. The summed E-state index contributed by atoms with van der Waals surface area (Å²) in [5.74, 6) is 0.916. The van der Waals surface area contributed by atoms with Crippen molar-refractivity contribution < 1.29 is 0 Å². The Morgan fingerprint density at radius 1 is 1.40 bits per heavy atom. The Morgan fingerprint density at radius 2 is 2.20 bits per heavy atom. The van der Waals surface area contributed by atoms with Crippen LogP contribution in [0.15, 0.2) is 60.6 Å². The van der Waals surface area contributed by atoms with Crippen molar-refractivity contribution >= 4 is 29.9 Å². The normalized spacial score (nSPS) is 10.9. The van der Waals surface area contributed by atoms with Crippen LogP contribution >= 0.6 is 24.0 Å². The molecular weight excluding hydrogens is 425 g/mol. The van der Waals surface area contributed by atoms with Crippen molar-refractivity contribution in [1.82, 2.24) is 19.8 Å². The molecule has 0 aliphatic carbocycles. The predicted octanol–water partition coefficient (Wildman–Crippen LogP) is 3.52. The smallest absolute Gasteiger partial charge is 0.193 e. The summed E-state index contributed by atoms with van der Waals surface area (Å²) < 4.78 is 2.07. The molecule has 1 N–H and O–H groups in total. The van der Waals surface area contributed by atoms with E-state index in [9.17, 15) is 0 Å². The van der Waals surface area contributed by atoms with Gasteiger partial charge in [-0.05, 0) is 24.0 Å². The van der Waals surface area contributed by atoms with Crippen molar-refractivity contribution in [2.75, 3.05) is 20.6 Å². The van der Waals surface area contributed by atoms with E-state index in [2.05, 4.69) is 62.7 Å². The second-order valence-electron chi connectivity index (χ2n) is 5.81. The zero-order chi connectivity index (χ0) is 17.2. The van der Waals surface area contributed by atoms with E-state index in [0.717, 1.165) is 38.4 Å². The van der Waals surface area contributed by atoms with Crippen LogP contribution in [0.5, 0.6) is 0 Å². The summed E-state index contributed by atoms with van der Waals surface area (Å²) in [5.41, 5.74) is 2.51. The van der Waals surface area contributed by atoms with E-state index in [-0.39, 0.29) is 24.0 Å². The van der Waals surface area contributed by atoms with Crippen LogP contribution in [0.4, 0.5) is 0 Å². The van der Waals surface area contributed by atoms with Crippen LogP contribution in [-0.4, -0.2) is 41.1 Å². The fourth-order valence-electron chi connectivity index (χ4n) is 2.57. The van der Waals surface area contributed by atoms with Gasteiger partial charge in [-0.1, -0.05) is 30.3 Å². The van der Waals surface area contributed by atoms with Gasteiger partial charge in [-0.25, -0.2) is 4.98 Å². The summed E-state index contributed by atoms with van der Waals surface area (Å²) in [6.07, 6.45) is 9.68. The topological polar surface area (TPSA) is 45.5 Å². The highest BCUT2D eigenvalue weighted by atomic mass is 127. The lowest BCUT2D eigenvalue weighted by Crippen LogP contribution is -2.38. The summed E-state index contributed by atoms with van der Waals surface area (Å²) in [6, 6.07) is 8.59. The third-order valence-electron chi connectivity index (χ3n) is 3.84. The monoisotopic (exact) mass is 453 g/mol. The molecule has 136 valence electrons. The van der Waals surface area contributed by atoms with Gasteiger partial charge in [-0.2, -0.15) is 0 Å². The zero-order valence-electron chi connectivity index (χ0n) is 15.1. The van der Waals surface area contributed by atoms with E-state index in [1.54, 1.807) is 6.20 Å². The largest absolute Gasteiger partial charge is 0.352 e. The summed E-state index contributed by atoms with van der Waals surface area (Å²) >= 11 is 0. The van der Waals surface area contributed by atoms with Crippen molar-refractivity contribution in [2.24, 2.45) is 4.99 Å². The Labute approximate surface area is 167 Å². The third-order valence-corrected chi connectivity index (χ3v) is 3.84. The highest BCUT2D eigenvalue weighted by Gasteiger charge is 2.05. The molecule has 0 radical (unpaired) electrons. The summed E-state index contributed by atoms with van der Waals surface area (Å²) in [6.45, 7) is 6.33. The van der Waals surface area contributed by atoms with E-state index in [1.165, 1.54) is 11.1 Å². The van der Waals surface area contributed by atoms with Gasteiger partial charge < -0.3 is 14.8 Å². The number of hydrogen-bond acceptors (Lipinski definition) is 2. The van der Waals surface area contributed by atoms with Crippen molar-refractivity contribution in [3.63, 3.8) is 0 Å². The number of imidazole rings is 1. The number of benzene rings is 1. The van der Waals surface area contributed by atoms with Gasteiger partial charge in [0.15, 0.2) is 5.96 Å². The predicted molar refractivity (Wildman–Crippen MR) is 115 cm³/mol. The molecule has 2 aromatic rings. The molecule has 0 unspecified atom stereocenters. The maximum atomic E-state index is 4.36. The first kappa shape index (κ1) is 21.2. The van der Waals surface area contributed by atoms with Gasteiger partial charge in [-0.15, -0.1) is 30.6 Å². The van der Waals surface area contributed by atoms with E-state index in [0.29, 0.717) is 0 Å². The van der Waals surface area contributed by atoms with Gasteiger partial charge in [0, 0.05) is 46.1 Å². The summed E-state index contributed by atoms with van der Waals surface area (Å²) in [4.78, 5) is 10.6. The van der Waals surface area contributed by atoms with Crippen LogP contribution in [0.3, 0.4) is 0 Å². The lowest BCUT2D eigenvalue weighted by Gasteiger charge is -2.22. The molecule has 0 aliphatic rings. The lowest BCUT2D eigenvalue weighted by molar-refractivity contribution is 0.470. The molecular formula is C19H28IN5. The van der Waals surface area contributed by atoms with Crippen molar-refractivity contribution in [1.29, 1.82) is 0 Å². The second kappa shape index (κ2) is 11.7. The van der Waals surface area contributed by atoms with Crippen LogP contribution in [0.25, 0.3) is 0 Å². The standard InChI is InChI=1S/C19H27N5.HI/c1-4-5-6-11-23(3)19(20-2)22-14-17-8-7-9-18(13-17)15-24-12-10-21-16-24;/h4,7-10,12-13,16H,1,5-6,11,14-15H2,2-3H3,(H,20,22);1H. The number of nitrogens with one attached hydrogen (secondary N) is 1. The maximum absolute atomic E-state index is 4.36. The number of hydrogen-bond donors (Lipinski definition) is 1. The first-order valence-electron chi connectivity index (χ1n) is 8.29. The number of aliphatic imine (C=N–C) groups is 1. The molecule has 1 aromatic carbocycles. The molecule has 0 saturated heterocycles. The number of guanidine groups is 1. The Balaban J connectivity index is 0.00000312. The quantitative estimate of drug-likeness (QED) is 0.219. The van der Waals surface area contributed by atoms with E-state index >= 15 is 0 Å². The van der Waals surface area contributed by atoms with Crippen molar-refractivity contribution in [3.05, 3.63) is 66.8 Å². The molecule has 1 aromatic heterocycles. The molecule has 0 aliphatic heterocycles. The average Bonchev–Trinajstić information content (AvgIpc) is 3.09. The van der Waals surface area contributed by atoms with Gasteiger partial charge in [0.05, 0.1) is 6.33 Å². The molecule has 2 rings (SSSR count). The third kappa shape index (κ3) is 7.29. The second-order valence-corrected chi connectivity index (χ2v) is 5.81. The molecule has 0 amide bonds. The van der Waals surface area contributed by atoms with Crippen molar-refractivity contribution in [3.8, 4) is 0 Å². The molecule has 5 nitrogen and oxygen atoms in total. The van der Waals surface area contributed by atoms with Crippen LogP contribution in [0, 0.1) is 0 Å². The van der Waals surface area contributed by atoms with Crippen molar-refractivity contribution in [2.45, 2.75) is 25.9 Å². The van der Waals surface area contributed by atoms with Gasteiger partial charge >= 0.3 is 0 Å². The van der Waals surface area contributed by atoms with Gasteiger partial charge in [0.25, 0.3) is 0 Å². The Bertz CT molecular complexity index is 652. The average molecular weight is 453 g/mol. The number of allylic oxidation sites excluding steroid dienone is 1. The Hall–Kier alpha value is -1.83. The SMILES string of the molecule is C=CCCCN(C)C(=NC)NCc1cccc(Cn2ccnc2)c1.I. The molecule has 6 heteroatoms. The Morgan fingerprint density at radius 3 is 2.88 bits per heavy atom. The molecule has 0 bridgehead atoms. The minimum absolute atomic E-state index is 0. The zero-order valence-corrected chi connectivity index (χ0v) is 17.4. The highest BCUT2D eigenvalue weighted by molar-refractivity contribution is 14.0. The summed E-state index contributed by atoms with van der Waals surface area (Å²) in [5, 5.41) is 3.43. The number of unbranched alkanes of at least 4 members (excludes halogenated alkanes) is 1. The van der Waals surface area contributed by atoms with E-state index < -0.39 is 0 Å². The molecule has 1 heterocycles. The molecule has 0 fully saturated rings. The minimum Gasteiger partial charge on any atom is -0.352 e. The molecule has 0 atom stereocenters. The van der Waals surface area contributed by atoms with Crippen LogP contribution in [0.2, 0.25) is 0 Å². The fourth-order valence-corrected chi connectivity index (χ4v) is 2.57. The first-order chi connectivity index (χ1) is 11.7. The van der Waals surface area contributed by atoms with E-state index in [4.69, 9.17) is 0 Å². The fraction of sp³-hybridized carbons (Fsp3) is 0.368. The van der Waals surface area contributed by atoms with Crippen LogP contribution < -0.4 is 5.32 Å². The first-order valence-corrected chi connectivity index (χ1v) is 8.29. The molecule has 0 saturated carbocycles. The Kier molecular flexibility index (Phi) is 9.91. The van der Waals surface area contributed by atoms with Gasteiger partial charge in [0.2, 0.25) is 0 Å². The van der Waals surface area contributed by atoms with Crippen LogP contribution in [-0.2, 0) is 13.1 Å². The van der Waals surface area contributed by atoms with E-state index in [1.807, 2.05) is 25.6 Å². The number of halogens is 1. The maximum Gasteiger partial charge on any atom is 0.193 e. The van der Waals surface area contributed by atoms with Crippen LogP contribution in [0.1, 0.15) is 24.0 Å². The van der Waals surface area contributed by atoms with Gasteiger partial charge in [-0.3, -0.25) is 4.99 Å². The number of rotatable bonds is 8. The number of aromatic nitrogens is 2. The highest BCUT2D eigenvalue weighted by Crippen LogP contribution is 2.07. The van der Waals surface area contributed by atoms with Gasteiger partial charge in [0.1, 0.15) is 0 Å². The summed E-state index contributed by atoms with van der Waals surface area (Å²) in [7, 11) is 3.88. The molecule has 0 spiro atoms.